The van der Waals surface area contributed by atoms with Gasteiger partial charge in [-0.2, -0.15) is 4.31 Å². The molecule has 1 fully saturated rings. The number of hydrogen-bond acceptors (Lipinski definition) is 4. The monoisotopic (exact) mass is 312 g/mol. The molecule has 2 atom stereocenters. The van der Waals surface area contributed by atoms with Gasteiger partial charge in [-0.05, 0) is 24.0 Å². The largest absolute Gasteiger partial charge is 0.391 e. The number of aliphatic hydroxyl groups excluding tert-OH is 1. The van der Waals surface area contributed by atoms with Crippen molar-refractivity contribution in [3.63, 3.8) is 0 Å². The highest BCUT2D eigenvalue weighted by Crippen LogP contribution is 2.25. The third-order valence-corrected chi connectivity index (χ3v) is 6.10. The van der Waals surface area contributed by atoms with Crippen LogP contribution in [0.2, 0.25) is 0 Å². The van der Waals surface area contributed by atoms with Gasteiger partial charge >= 0.3 is 0 Å². The molecule has 1 saturated carbocycles. The fourth-order valence-electron chi connectivity index (χ4n) is 2.92. The van der Waals surface area contributed by atoms with Gasteiger partial charge in [0.15, 0.2) is 0 Å². The maximum atomic E-state index is 12.6. The third-order valence-electron chi connectivity index (χ3n) is 4.28. The van der Waals surface area contributed by atoms with Crippen molar-refractivity contribution in [2.45, 2.75) is 50.1 Å². The SMILES string of the molecule is CN(C1CCCCC1O)S(=O)(=O)Cc1ccccc1CN. The van der Waals surface area contributed by atoms with Crippen molar-refractivity contribution >= 4 is 10.0 Å². The van der Waals surface area contributed by atoms with Gasteiger partial charge in [0.2, 0.25) is 10.0 Å². The Labute approximate surface area is 126 Å². The second-order valence-corrected chi connectivity index (χ2v) is 7.69. The Morgan fingerprint density at radius 2 is 1.86 bits per heavy atom. The molecule has 21 heavy (non-hydrogen) atoms. The van der Waals surface area contributed by atoms with Gasteiger partial charge in [0.05, 0.1) is 17.9 Å². The highest BCUT2D eigenvalue weighted by Gasteiger charge is 2.33. The van der Waals surface area contributed by atoms with Crippen molar-refractivity contribution in [2.75, 3.05) is 7.05 Å². The Bertz CT molecular complexity index is 574. The fraction of sp³-hybridized carbons (Fsp3) is 0.600. The topological polar surface area (TPSA) is 83.6 Å². The van der Waals surface area contributed by atoms with E-state index in [4.69, 9.17) is 5.73 Å². The fourth-order valence-corrected chi connectivity index (χ4v) is 4.45. The van der Waals surface area contributed by atoms with Gasteiger partial charge in [-0.25, -0.2) is 8.42 Å². The summed E-state index contributed by atoms with van der Waals surface area (Å²) in [5.41, 5.74) is 7.24. The normalized spacial score (nSPS) is 23.4. The van der Waals surface area contributed by atoms with Gasteiger partial charge in [-0.1, -0.05) is 37.1 Å². The van der Waals surface area contributed by atoms with E-state index in [1.54, 1.807) is 13.1 Å². The van der Waals surface area contributed by atoms with Crippen molar-refractivity contribution in [2.24, 2.45) is 5.73 Å². The number of likely N-dealkylation sites (N-methyl/N-ethyl adjacent to an activating group) is 1. The number of nitrogens with zero attached hydrogens (tertiary/aromatic N) is 1. The number of hydrogen-bond donors (Lipinski definition) is 2. The first-order valence-corrected chi connectivity index (χ1v) is 8.97. The van der Waals surface area contributed by atoms with Crippen LogP contribution in [-0.2, 0) is 22.3 Å². The molecule has 1 aromatic carbocycles. The first-order valence-electron chi connectivity index (χ1n) is 7.36. The lowest BCUT2D eigenvalue weighted by atomic mass is 9.93. The maximum absolute atomic E-state index is 12.6. The van der Waals surface area contributed by atoms with Gasteiger partial charge in [0, 0.05) is 13.6 Å². The van der Waals surface area contributed by atoms with E-state index in [0.717, 1.165) is 30.4 Å². The molecular weight excluding hydrogens is 288 g/mol. The third kappa shape index (κ3) is 3.83. The summed E-state index contributed by atoms with van der Waals surface area (Å²) < 4.78 is 26.5. The summed E-state index contributed by atoms with van der Waals surface area (Å²) in [6.07, 6.45) is 2.74. The van der Waals surface area contributed by atoms with Crippen LogP contribution < -0.4 is 5.73 Å². The molecule has 0 spiro atoms. The molecule has 5 nitrogen and oxygen atoms in total. The Morgan fingerprint density at radius 3 is 2.48 bits per heavy atom. The van der Waals surface area contributed by atoms with E-state index in [9.17, 15) is 13.5 Å². The van der Waals surface area contributed by atoms with E-state index in [0.29, 0.717) is 13.0 Å². The van der Waals surface area contributed by atoms with Crippen LogP contribution in [-0.4, -0.2) is 37.0 Å². The van der Waals surface area contributed by atoms with E-state index in [2.05, 4.69) is 0 Å². The molecule has 2 rings (SSSR count). The molecule has 0 heterocycles. The average Bonchev–Trinajstić information content (AvgIpc) is 2.47. The van der Waals surface area contributed by atoms with Crippen molar-refractivity contribution in [3.05, 3.63) is 35.4 Å². The molecule has 0 amide bonds. The Morgan fingerprint density at radius 1 is 1.24 bits per heavy atom. The lowest BCUT2D eigenvalue weighted by Gasteiger charge is -2.34. The van der Waals surface area contributed by atoms with Crippen LogP contribution >= 0.6 is 0 Å². The molecular formula is C15H24N2O3S. The number of nitrogens with two attached hydrogens (primary N) is 1. The number of aliphatic hydroxyl groups is 1. The van der Waals surface area contributed by atoms with E-state index < -0.39 is 16.1 Å². The van der Waals surface area contributed by atoms with E-state index in [1.807, 2.05) is 18.2 Å². The molecule has 1 aromatic rings. The number of benzene rings is 1. The molecule has 1 aliphatic rings. The number of sulfonamides is 1. The molecule has 0 aromatic heterocycles. The molecule has 6 heteroatoms. The summed E-state index contributed by atoms with van der Waals surface area (Å²) in [6.45, 7) is 0.321. The quantitative estimate of drug-likeness (QED) is 0.856. The summed E-state index contributed by atoms with van der Waals surface area (Å²) in [7, 11) is -1.89. The highest BCUT2D eigenvalue weighted by molar-refractivity contribution is 7.88. The average molecular weight is 312 g/mol. The summed E-state index contributed by atoms with van der Waals surface area (Å²) in [5.74, 6) is -0.0694. The van der Waals surface area contributed by atoms with Crippen LogP contribution in [0.5, 0.6) is 0 Å². The Balaban J connectivity index is 2.17. The van der Waals surface area contributed by atoms with Gasteiger partial charge in [0.25, 0.3) is 0 Å². The van der Waals surface area contributed by atoms with Crippen LogP contribution in [0.25, 0.3) is 0 Å². The van der Waals surface area contributed by atoms with Crippen molar-refractivity contribution in [1.82, 2.24) is 4.31 Å². The van der Waals surface area contributed by atoms with E-state index >= 15 is 0 Å². The van der Waals surface area contributed by atoms with Crippen molar-refractivity contribution < 1.29 is 13.5 Å². The molecule has 3 N–H and O–H groups in total. The molecule has 118 valence electrons. The molecule has 2 unspecified atom stereocenters. The lowest BCUT2D eigenvalue weighted by molar-refractivity contribution is 0.0637. The minimum atomic E-state index is -3.46. The van der Waals surface area contributed by atoms with E-state index in [1.165, 1.54) is 4.31 Å². The second-order valence-electron chi connectivity index (χ2n) is 5.66. The predicted octanol–water partition coefficient (Wildman–Crippen LogP) is 1.21. The van der Waals surface area contributed by atoms with Crippen LogP contribution in [0.3, 0.4) is 0 Å². The maximum Gasteiger partial charge on any atom is 0.218 e. The van der Waals surface area contributed by atoms with Crippen LogP contribution in [0, 0.1) is 0 Å². The molecule has 0 saturated heterocycles. The summed E-state index contributed by atoms with van der Waals surface area (Å²) in [6, 6.07) is 7.01. The van der Waals surface area contributed by atoms with Crippen LogP contribution in [0.4, 0.5) is 0 Å². The van der Waals surface area contributed by atoms with Crippen molar-refractivity contribution in [3.8, 4) is 0 Å². The Hall–Kier alpha value is -0.950. The molecule has 0 aliphatic heterocycles. The van der Waals surface area contributed by atoms with Crippen molar-refractivity contribution in [1.29, 1.82) is 0 Å². The Kier molecular flexibility index (Phi) is 5.37. The molecule has 0 radical (unpaired) electrons. The van der Waals surface area contributed by atoms with Crippen LogP contribution in [0.1, 0.15) is 36.8 Å². The first-order chi connectivity index (χ1) is 9.95. The number of rotatable bonds is 5. The minimum Gasteiger partial charge on any atom is -0.391 e. The van der Waals surface area contributed by atoms with Gasteiger partial charge < -0.3 is 10.8 Å². The molecule has 0 bridgehead atoms. The van der Waals surface area contributed by atoms with E-state index in [-0.39, 0.29) is 11.8 Å². The second kappa shape index (κ2) is 6.87. The lowest BCUT2D eigenvalue weighted by Crippen LogP contribution is -2.46. The van der Waals surface area contributed by atoms with Gasteiger partial charge in [-0.3, -0.25) is 0 Å². The first kappa shape index (κ1) is 16.4. The van der Waals surface area contributed by atoms with Gasteiger partial charge in [0.1, 0.15) is 0 Å². The highest BCUT2D eigenvalue weighted by atomic mass is 32.2. The van der Waals surface area contributed by atoms with Gasteiger partial charge in [-0.15, -0.1) is 0 Å². The zero-order chi connectivity index (χ0) is 15.5. The standard InChI is InChI=1S/C15H24N2O3S/c1-17(14-8-4-5-9-15(14)18)21(19,20)11-13-7-3-2-6-12(13)10-16/h2-3,6-7,14-15,18H,4-5,8-11,16H2,1H3. The summed E-state index contributed by atoms with van der Waals surface area (Å²) >= 11 is 0. The van der Waals surface area contributed by atoms with Crippen LogP contribution in [0.15, 0.2) is 24.3 Å². The smallest absolute Gasteiger partial charge is 0.218 e. The zero-order valence-electron chi connectivity index (χ0n) is 12.4. The molecule has 1 aliphatic carbocycles. The summed E-state index contributed by atoms with van der Waals surface area (Å²) in [5, 5.41) is 10.0. The predicted molar refractivity (Wildman–Crippen MR) is 83.0 cm³/mol. The zero-order valence-corrected chi connectivity index (χ0v) is 13.2. The summed E-state index contributed by atoms with van der Waals surface area (Å²) in [4.78, 5) is 0. The minimum absolute atomic E-state index is 0.0694.